The highest BCUT2D eigenvalue weighted by molar-refractivity contribution is 5.87. The highest BCUT2D eigenvalue weighted by Crippen LogP contribution is 2.25. The molecule has 0 saturated carbocycles. The lowest BCUT2D eigenvalue weighted by Crippen LogP contribution is -2.29. The zero-order chi connectivity index (χ0) is 16.5. The number of aromatic carboxylic acids is 1. The third kappa shape index (κ3) is 2.61. The lowest BCUT2D eigenvalue weighted by atomic mass is 10.1. The third-order valence-corrected chi connectivity index (χ3v) is 4.28. The Balaban J connectivity index is 1.67. The summed E-state index contributed by atoms with van der Waals surface area (Å²) in [6.07, 6.45) is 4.70. The van der Waals surface area contributed by atoms with Gasteiger partial charge in [0.05, 0.1) is 17.1 Å². The van der Waals surface area contributed by atoms with Gasteiger partial charge in [-0.25, -0.2) is 19.4 Å². The number of hydrogen-bond donors (Lipinski definition) is 2. The number of fused-ring (bicyclic) bond motifs is 1. The largest absolute Gasteiger partial charge is 0.478 e. The van der Waals surface area contributed by atoms with Gasteiger partial charge in [-0.2, -0.15) is 0 Å². The Kier molecular flexibility index (Phi) is 3.66. The lowest BCUT2D eigenvalue weighted by Gasteiger charge is -2.22. The van der Waals surface area contributed by atoms with Crippen LogP contribution in [-0.2, 0) is 0 Å². The summed E-state index contributed by atoms with van der Waals surface area (Å²) in [6.45, 7) is 1.99. The maximum atomic E-state index is 10.9. The summed E-state index contributed by atoms with van der Waals surface area (Å²) in [5.74, 6) is -0.569. The first-order valence-corrected chi connectivity index (χ1v) is 7.84. The maximum absolute atomic E-state index is 10.9. The molecule has 0 atom stereocenters. The van der Waals surface area contributed by atoms with E-state index in [0.717, 1.165) is 42.5 Å². The van der Waals surface area contributed by atoms with Crippen molar-refractivity contribution in [1.29, 1.82) is 0 Å². The van der Waals surface area contributed by atoms with Gasteiger partial charge in [0.15, 0.2) is 5.82 Å². The average molecular weight is 324 g/mol. The molecular formula is C16H16N6O2. The molecule has 8 heteroatoms. The summed E-state index contributed by atoms with van der Waals surface area (Å²) in [5, 5.41) is 20.8. The number of aromatic nitrogens is 5. The average Bonchev–Trinajstić information content (AvgIpc) is 3.05. The van der Waals surface area contributed by atoms with Gasteiger partial charge >= 0.3 is 5.97 Å². The molecule has 0 unspecified atom stereocenters. The molecule has 2 aromatic heterocycles. The molecular weight excluding hydrogens is 308 g/mol. The molecule has 0 radical (unpaired) electrons. The van der Waals surface area contributed by atoms with Gasteiger partial charge in [0.25, 0.3) is 0 Å². The molecule has 0 aliphatic carbocycles. The lowest BCUT2D eigenvalue weighted by molar-refractivity contribution is 0.0696. The summed E-state index contributed by atoms with van der Waals surface area (Å²) in [5.41, 5.74) is 2.64. The van der Waals surface area contributed by atoms with E-state index in [2.05, 4.69) is 25.6 Å². The van der Waals surface area contributed by atoms with Gasteiger partial charge in [0, 0.05) is 18.0 Å². The smallest absolute Gasteiger partial charge is 0.338 e. The van der Waals surface area contributed by atoms with Gasteiger partial charge in [0.1, 0.15) is 5.52 Å². The molecule has 1 aliphatic rings. The molecule has 1 saturated heterocycles. The van der Waals surface area contributed by atoms with Crippen molar-refractivity contribution in [2.45, 2.75) is 18.9 Å². The summed E-state index contributed by atoms with van der Waals surface area (Å²) < 4.78 is 1.99. The SMILES string of the molecule is O=C(O)c1cnc(-c2ccc3c(c2)nnn3C2CCNCC2)nc1. The number of piperidine rings is 1. The number of hydrogen-bond acceptors (Lipinski definition) is 6. The van der Waals surface area contributed by atoms with Gasteiger partial charge in [0.2, 0.25) is 0 Å². The molecule has 1 aromatic carbocycles. The van der Waals surface area contributed by atoms with Crippen LogP contribution in [0.25, 0.3) is 22.4 Å². The highest BCUT2D eigenvalue weighted by atomic mass is 16.4. The number of carboxylic acids is 1. The van der Waals surface area contributed by atoms with Crippen molar-refractivity contribution in [1.82, 2.24) is 30.3 Å². The number of carbonyl (C=O) groups is 1. The first-order chi connectivity index (χ1) is 11.7. The van der Waals surface area contributed by atoms with Crippen molar-refractivity contribution in [3.63, 3.8) is 0 Å². The Morgan fingerprint density at radius 1 is 1.21 bits per heavy atom. The van der Waals surface area contributed by atoms with Gasteiger partial charge in [-0.3, -0.25) is 0 Å². The van der Waals surface area contributed by atoms with Crippen LogP contribution in [0.15, 0.2) is 30.6 Å². The molecule has 4 rings (SSSR count). The molecule has 3 aromatic rings. The summed E-state index contributed by atoms with van der Waals surface area (Å²) >= 11 is 0. The van der Waals surface area contributed by atoms with Gasteiger partial charge in [-0.05, 0) is 44.1 Å². The minimum Gasteiger partial charge on any atom is -0.478 e. The van der Waals surface area contributed by atoms with E-state index in [0.29, 0.717) is 11.9 Å². The predicted molar refractivity (Wildman–Crippen MR) is 86.7 cm³/mol. The van der Waals surface area contributed by atoms with E-state index in [1.54, 1.807) is 0 Å². The monoisotopic (exact) mass is 324 g/mol. The quantitative estimate of drug-likeness (QED) is 0.752. The fourth-order valence-corrected chi connectivity index (χ4v) is 2.99. The third-order valence-electron chi connectivity index (χ3n) is 4.28. The molecule has 122 valence electrons. The molecule has 1 fully saturated rings. The first-order valence-electron chi connectivity index (χ1n) is 7.84. The van der Waals surface area contributed by atoms with Gasteiger partial charge in [-0.15, -0.1) is 5.10 Å². The molecule has 3 heterocycles. The van der Waals surface area contributed by atoms with Gasteiger partial charge < -0.3 is 10.4 Å². The van der Waals surface area contributed by atoms with Crippen molar-refractivity contribution in [2.24, 2.45) is 0 Å². The van der Waals surface area contributed by atoms with Crippen LogP contribution in [-0.4, -0.2) is 49.1 Å². The second-order valence-corrected chi connectivity index (χ2v) is 5.82. The molecule has 24 heavy (non-hydrogen) atoms. The van der Waals surface area contributed by atoms with Crippen LogP contribution >= 0.6 is 0 Å². The van der Waals surface area contributed by atoms with E-state index < -0.39 is 5.97 Å². The van der Waals surface area contributed by atoms with Crippen molar-refractivity contribution >= 4 is 17.0 Å². The molecule has 0 amide bonds. The molecule has 2 N–H and O–H groups in total. The van der Waals surface area contributed by atoms with Crippen LogP contribution in [0.3, 0.4) is 0 Å². The van der Waals surface area contributed by atoms with Crippen LogP contribution in [0.2, 0.25) is 0 Å². The van der Waals surface area contributed by atoms with Crippen LogP contribution < -0.4 is 5.32 Å². The van der Waals surface area contributed by atoms with Crippen molar-refractivity contribution < 1.29 is 9.90 Å². The highest BCUT2D eigenvalue weighted by Gasteiger charge is 2.18. The maximum Gasteiger partial charge on any atom is 0.338 e. The Labute approximate surface area is 137 Å². The Bertz CT molecular complexity index is 883. The topological polar surface area (TPSA) is 106 Å². The van der Waals surface area contributed by atoms with Crippen molar-refractivity contribution in [2.75, 3.05) is 13.1 Å². The number of nitrogens with one attached hydrogen (secondary N) is 1. The Hall–Kier alpha value is -2.87. The predicted octanol–water partition coefficient (Wildman–Crippen LogP) is 1.51. The van der Waals surface area contributed by atoms with Crippen molar-refractivity contribution in [3.8, 4) is 11.4 Å². The Morgan fingerprint density at radius 3 is 2.67 bits per heavy atom. The summed E-state index contributed by atoms with van der Waals surface area (Å²) in [6, 6.07) is 6.14. The zero-order valence-corrected chi connectivity index (χ0v) is 12.9. The fourth-order valence-electron chi connectivity index (χ4n) is 2.99. The summed E-state index contributed by atoms with van der Waals surface area (Å²) in [4.78, 5) is 19.1. The Morgan fingerprint density at radius 2 is 1.96 bits per heavy atom. The number of nitrogens with zero attached hydrogens (tertiary/aromatic N) is 5. The van der Waals surface area contributed by atoms with Crippen LogP contribution in [0.1, 0.15) is 29.2 Å². The fraction of sp³-hybridized carbons (Fsp3) is 0.312. The van der Waals surface area contributed by atoms with E-state index in [1.165, 1.54) is 12.4 Å². The minimum absolute atomic E-state index is 0.0664. The molecule has 1 aliphatic heterocycles. The number of carboxylic acid groups (broad SMARTS) is 1. The van der Waals surface area contributed by atoms with E-state index in [-0.39, 0.29) is 5.56 Å². The van der Waals surface area contributed by atoms with Crippen LogP contribution in [0, 0.1) is 0 Å². The second kappa shape index (κ2) is 5.97. The van der Waals surface area contributed by atoms with E-state index in [1.807, 2.05) is 22.9 Å². The molecule has 8 nitrogen and oxygen atoms in total. The molecule has 0 bridgehead atoms. The number of rotatable bonds is 3. The van der Waals surface area contributed by atoms with Crippen molar-refractivity contribution in [3.05, 3.63) is 36.2 Å². The van der Waals surface area contributed by atoms with Gasteiger partial charge in [-0.1, -0.05) is 5.21 Å². The van der Waals surface area contributed by atoms with E-state index >= 15 is 0 Å². The van der Waals surface area contributed by atoms with E-state index in [9.17, 15) is 4.79 Å². The number of benzene rings is 1. The first kappa shape index (κ1) is 14.7. The normalized spacial score (nSPS) is 15.7. The van der Waals surface area contributed by atoms with Crippen LogP contribution in [0.4, 0.5) is 0 Å². The van der Waals surface area contributed by atoms with Crippen LogP contribution in [0.5, 0.6) is 0 Å². The zero-order valence-electron chi connectivity index (χ0n) is 12.9. The standard InChI is InChI=1S/C16H16N6O2/c23-16(24)11-8-18-15(19-9-11)10-1-2-14-13(7-10)20-21-22(14)12-3-5-17-6-4-12/h1-2,7-9,12,17H,3-6H2,(H,23,24). The van der Waals surface area contributed by atoms with E-state index in [4.69, 9.17) is 5.11 Å². The molecule has 0 spiro atoms. The second-order valence-electron chi connectivity index (χ2n) is 5.82. The summed E-state index contributed by atoms with van der Waals surface area (Å²) in [7, 11) is 0. The minimum atomic E-state index is -1.04.